The molecule has 0 saturated carbocycles. The summed E-state index contributed by atoms with van der Waals surface area (Å²) in [6.45, 7) is 9.40. The van der Waals surface area contributed by atoms with Gasteiger partial charge in [0.2, 0.25) is 0 Å². The van der Waals surface area contributed by atoms with E-state index in [0.717, 1.165) is 5.75 Å². The highest BCUT2D eigenvalue weighted by atomic mass is 28.3. The Labute approximate surface area is 124 Å². The molecule has 1 nitrogen and oxygen atoms in total. The average Bonchev–Trinajstić information content (AvgIpc) is 2.45. The summed E-state index contributed by atoms with van der Waals surface area (Å²) < 4.78 is 5.53. The second-order valence-electron chi connectivity index (χ2n) is 6.12. The minimum atomic E-state index is -0.640. The maximum Gasteiger partial charge on any atom is 0.126 e. The summed E-state index contributed by atoms with van der Waals surface area (Å²) in [4.78, 5) is 0. The third-order valence-electron chi connectivity index (χ3n) is 3.85. The standard InChI is InChI=1S/C18H23OSi/c1-18(2,3)20(5)17-13-9-7-11-15(17)14-10-6-8-12-16(14)19-4/h6-13H,1-5H3. The zero-order valence-corrected chi connectivity index (χ0v) is 14.0. The van der Waals surface area contributed by atoms with Gasteiger partial charge in [-0.1, -0.05) is 75.0 Å². The number of ether oxygens (including phenoxy) is 1. The van der Waals surface area contributed by atoms with Gasteiger partial charge in [0.25, 0.3) is 0 Å². The Bertz CT molecular complexity index is 584. The monoisotopic (exact) mass is 283 g/mol. The molecule has 0 heterocycles. The Kier molecular flexibility index (Phi) is 4.34. The molecular formula is C18H23OSi. The van der Waals surface area contributed by atoms with Gasteiger partial charge in [-0.25, -0.2) is 0 Å². The normalized spacial score (nSPS) is 11.7. The van der Waals surface area contributed by atoms with Crippen molar-refractivity contribution < 1.29 is 4.74 Å². The Morgan fingerprint density at radius 3 is 2.00 bits per heavy atom. The fraction of sp³-hybridized carbons (Fsp3) is 0.333. The van der Waals surface area contributed by atoms with Crippen molar-refractivity contribution in [1.29, 1.82) is 0 Å². The Hall–Kier alpha value is -1.54. The second kappa shape index (κ2) is 5.84. The lowest BCUT2D eigenvalue weighted by Crippen LogP contribution is -2.36. The molecular weight excluding hydrogens is 260 g/mol. The van der Waals surface area contributed by atoms with Crippen LogP contribution < -0.4 is 9.92 Å². The molecule has 1 radical (unpaired) electrons. The van der Waals surface area contributed by atoms with Gasteiger partial charge in [-0.05, 0) is 16.7 Å². The maximum atomic E-state index is 5.53. The molecule has 0 aliphatic rings. The van der Waals surface area contributed by atoms with E-state index in [1.54, 1.807) is 7.11 Å². The summed E-state index contributed by atoms with van der Waals surface area (Å²) in [5, 5.41) is 1.82. The van der Waals surface area contributed by atoms with E-state index in [4.69, 9.17) is 4.74 Å². The number of methoxy groups -OCH3 is 1. The zero-order chi connectivity index (χ0) is 14.8. The van der Waals surface area contributed by atoms with Crippen LogP contribution in [0.4, 0.5) is 0 Å². The van der Waals surface area contributed by atoms with E-state index in [1.807, 2.05) is 12.1 Å². The SMILES string of the molecule is COc1ccccc1-c1ccccc1[Si](C)C(C)(C)C. The van der Waals surface area contributed by atoms with Crippen molar-refractivity contribution in [2.45, 2.75) is 32.4 Å². The van der Waals surface area contributed by atoms with Crippen LogP contribution in [-0.2, 0) is 0 Å². The summed E-state index contributed by atoms with van der Waals surface area (Å²) in [6, 6.07) is 17.0. The van der Waals surface area contributed by atoms with E-state index in [-0.39, 0.29) is 0 Å². The van der Waals surface area contributed by atoms with Crippen LogP contribution in [0.25, 0.3) is 11.1 Å². The van der Waals surface area contributed by atoms with Crippen molar-refractivity contribution >= 4 is 14.0 Å². The predicted octanol–water partition coefficient (Wildman–Crippen LogP) is 4.49. The molecule has 2 aromatic rings. The minimum absolute atomic E-state index is 0.336. The number of benzene rings is 2. The molecule has 0 amide bonds. The smallest absolute Gasteiger partial charge is 0.126 e. The van der Waals surface area contributed by atoms with E-state index in [2.05, 4.69) is 63.7 Å². The summed E-state index contributed by atoms with van der Waals surface area (Å²) in [6.07, 6.45) is 0. The second-order valence-corrected chi connectivity index (χ2v) is 9.41. The van der Waals surface area contributed by atoms with Crippen LogP contribution in [0.3, 0.4) is 0 Å². The molecule has 0 aromatic heterocycles. The van der Waals surface area contributed by atoms with Crippen molar-refractivity contribution in [1.82, 2.24) is 0 Å². The first-order chi connectivity index (χ1) is 9.45. The molecule has 0 bridgehead atoms. The molecule has 2 aromatic carbocycles. The molecule has 0 N–H and O–H groups in total. The molecule has 0 atom stereocenters. The molecule has 105 valence electrons. The lowest BCUT2D eigenvalue weighted by atomic mass is 10.0. The van der Waals surface area contributed by atoms with Crippen molar-refractivity contribution in [3.63, 3.8) is 0 Å². The van der Waals surface area contributed by atoms with E-state index >= 15 is 0 Å². The largest absolute Gasteiger partial charge is 0.496 e. The Morgan fingerprint density at radius 1 is 0.850 bits per heavy atom. The lowest BCUT2D eigenvalue weighted by Gasteiger charge is -2.28. The predicted molar refractivity (Wildman–Crippen MR) is 89.4 cm³/mol. The van der Waals surface area contributed by atoms with Crippen molar-refractivity contribution in [2.75, 3.05) is 7.11 Å². The summed E-state index contributed by atoms with van der Waals surface area (Å²) in [5.74, 6) is 0.948. The van der Waals surface area contributed by atoms with Gasteiger partial charge in [0.15, 0.2) is 0 Å². The van der Waals surface area contributed by atoms with Crippen molar-refractivity contribution in [3.8, 4) is 16.9 Å². The highest BCUT2D eigenvalue weighted by Crippen LogP contribution is 2.32. The average molecular weight is 283 g/mol. The molecule has 0 unspecified atom stereocenters. The quantitative estimate of drug-likeness (QED) is 0.754. The molecule has 0 aliphatic heterocycles. The van der Waals surface area contributed by atoms with Gasteiger partial charge in [-0.3, -0.25) is 0 Å². The van der Waals surface area contributed by atoms with E-state index in [0.29, 0.717) is 5.04 Å². The van der Waals surface area contributed by atoms with Crippen LogP contribution >= 0.6 is 0 Å². The van der Waals surface area contributed by atoms with Gasteiger partial charge in [-0.15, -0.1) is 0 Å². The molecule has 0 fully saturated rings. The molecule has 0 spiro atoms. The minimum Gasteiger partial charge on any atom is -0.496 e. The summed E-state index contributed by atoms with van der Waals surface area (Å²) >= 11 is 0. The van der Waals surface area contributed by atoms with Gasteiger partial charge in [0, 0.05) is 5.56 Å². The van der Waals surface area contributed by atoms with Gasteiger partial charge < -0.3 is 4.74 Å². The Balaban J connectivity index is 2.58. The van der Waals surface area contributed by atoms with E-state index in [9.17, 15) is 0 Å². The van der Waals surface area contributed by atoms with Gasteiger partial charge in [0.1, 0.15) is 5.75 Å². The highest BCUT2D eigenvalue weighted by molar-refractivity contribution is 6.76. The first-order valence-electron chi connectivity index (χ1n) is 7.02. The number of rotatable bonds is 3. The molecule has 0 aliphatic carbocycles. The van der Waals surface area contributed by atoms with Gasteiger partial charge >= 0.3 is 0 Å². The lowest BCUT2D eigenvalue weighted by molar-refractivity contribution is 0.416. The number of hydrogen-bond acceptors (Lipinski definition) is 1. The van der Waals surface area contributed by atoms with E-state index in [1.165, 1.54) is 16.3 Å². The highest BCUT2D eigenvalue weighted by Gasteiger charge is 2.26. The number of hydrogen-bond donors (Lipinski definition) is 0. The summed E-state index contributed by atoms with van der Waals surface area (Å²) in [7, 11) is 1.10. The Morgan fingerprint density at radius 2 is 1.40 bits per heavy atom. The van der Waals surface area contributed by atoms with Crippen LogP contribution in [-0.4, -0.2) is 15.9 Å². The molecule has 20 heavy (non-hydrogen) atoms. The van der Waals surface area contributed by atoms with E-state index < -0.39 is 8.80 Å². The molecule has 2 rings (SSSR count). The number of para-hydroxylation sites is 1. The first-order valence-corrected chi connectivity index (χ1v) is 9.02. The zero-order valence-electron chi connectivity index (χ0n) is 13.0. The van der Waals surface area contributed by atoms with Crippen molar-refractivity contribution in [2.24, 2.45) is 0 Å². The van der Waals surface area contributed by atoms with Crippen LogP contribution in [0.5, 0.6) is 5.75 Å². The summed E-state index contributed by atoms with van der Waals surface area (Å²) in [5.41, 5.74) is 2.51. The van der Waals surface area contributed by atoms with Crippen molar-refractivity contribution in [3.05, 3.63) is 48.5 Å². The third-order valence-corrected chi connectivity index (χ3v) is 7.35. The van der Waals surface area contributed by atoms with Crippen LogP contribution in [0, 0.1) is 0 Å². The third kappa shape index (κ3) is 2.96. The maximum absolute atomic E-state index is 5.53. The molecule has 2 heteroatoms. The van der Waals surface area contributed by atoms with Crippen LogP contribution in [0.15, 0.2) is 48.5 Å². The van der Waals surface area contributed by atoms with Crippen LogP contribution in [0.1, 0.15) is 20.8 Å². The fourth-order valence-corrected chi connectivity index (χ4v) is 4.09. The van der Waals surface area contributed by atoms with Gasteiger partial charge in [-0.2, -0.15) is 0 Å². The topological polar surface area (TPSA) is 9.23 Å². The fourth-order valence-electron chi connectivity index (χ4n) is 2.32. The molecule has 0 saturated heterocycles. The first kappa shape index (κ1) is 14.9. The van der Waals surface area contributed by atoms with Gasteiger partial charge in [0.05, 0.1) is 15.9 Å². The van der Waals surface area contributed by atoms with Crippen LogP contribution in [0.2, 0.25) is 11.6 Å².